The van der Waals surface area contributed by atoms with Crippen molar-refractivity contribution in [3.63, 3.8) is 0 Å². The number of pyridine rings is 1. The Balaban J connectivity index is 2.75. The van der Waals surface area contributed by atoms with E-state index in [9.17, 15) is 0 Å². The fraction of sp³-hybridized carbons (Fsp3) is 0.0909. The van der Waals surface area contributed by atoms with Crippen LogP contribution in [0.15, 0.2) is 24.3 Å². The van der Waals surface area contributed by atoms with Crippen LogP contribution in [0.5, 0.6) is 5.75 Å². The predicted molar refractivity (Wildman–Crippen MR) is 58.0 cm³/mol. The fourth-order valence-electron chi connectivity index (χ4n) is 1.35. The highest BCUT2D eigenvalue weighted by atomic mass is 35.5. The first-order valence-electron chi connectivity index (χ1n) is 4.29. The number of halogens is 1. The van der Waals surface area contributed by atoms with Crippen molar-refractivity contribution < 1.29 is 4.74 Å². The van der Waals surface area contributed by atoms with Crippen LogP contribution in [0, 0.1) is 11.3 Å². The number of methoxy groups -OCH3 is 1. The standard InChI is InChI=1S/C11H7ClN2O/c1-15-8-2-3-11-9(5-8)10(12)4-7(6-13)14-11/h2-5H,1H3. The topological polar surface area (TPSA) is 45.9 Å². The summed E-state index contributed by atoms with van der Waals surface area (Å²) in [5.74, 6) is 0.718. The zero-order chi connectivity index (χ0) is 10.8. The Morgan fingerprint density at radius 3 is 2.87 bits per heavy atom. The number of nitriles is 1. The van der Waals surface area contributed by atoms with E-state index in [1.165, 1.54) is 0 Å². The van der Waals surface area contributed by atoms with E-state index >= 15 is 0 Å². The van der Waals surface area contributed by atoms with Crippen LogP contribution in [0.2, 0.25) is 5.02 Å². The van der Waals surface area contributed by atoms with Crippen LogP contribution >= 0.6 is 11.6 Å². The van der Waals surface area contributed by atoms with E-state index in [-0.39, 0.29) is 0 Å². The van der Waals surface area contributed by atoms with E-state index in [2.05, 4.69) is 4.98 Å². The summed E-state index contributed by atoms with van der Waals surface area (Å²) in [7, 11) is 1.59. The number of hydrogen-bond donors (Lipinski definition) is 0. The van der Waals surface area contributed by atoms with Gasteiger partial charge < -0.3 is 4.74 Å². The largest absolute Gasteiger partial charge is 0.497 e. The SMILES string of the molecule is COc1ccc2nc(C#N)cc(Cl)c2c1. The molecule has 15 heavy (non-hydrogen) atoms. The van der Waals surface area contributed by atoms with Gasteiger partial charge in [0.2, 0.25) is 0 Å². The Bertz CT molecular complexity index is 560. The molecule has 1 heterocycles. The molecule has 0 saturated carbocycles. The maximum Gasteiger partial charge on any atom is 0.142 e. The summed E-state index contributed by atoms with van der Waals surface area (Å²) in [5, 5.41) is 10.0. The molecule has 0 aliphatic carbocycles. The van der Waals surface area contributed by atoms with Gasteiger partial charge in [-0.2, -0.15) is 5.26 Å². The second kappa shape index (κ2) is 3.76. The molecule has 2 aromatic rings. The van der Waals surface area contributed by atoms with E-state index in [0.717, 1.165) is 11.1 Å². The summed E-state index contributed by atoms with van der Waals surface area (Å²) in [6.45, 7) is 0. The number of aromatic nitrogens is 1. The maximum atomic E-state index is 8.73. The van der Waals surface area contributed by atoms with E-state index in [4.69, 9.17) is 21.6 Å². The molecule has 1 aromatic heterocycles. The van der Waals surface area contributed by atoms with Crippen LogP contribution in [0.1, 0.15) is 5.69 Å². The molecule has 74 valence electrons. The van der Waals surface area contributed by atoms with E-state index < -0.39 is 0 Å². The van der Waals surface area contributed by atoms with E-state index in [1.54, 1.807) is 31.4 Å². The van der Waals surface area contributed by atoms with Crippen molar-refractivity contribution in [3.8, 4) is 11.8 Å². The van der Waals surface area contributed by atoms with Crippen molar-refractivity contribution in [3.05, 3.63) is 35.0 Å². The van der Waals surface area contributed by atoms with Gasteiger partial charge in [-0.15, -0.1) is 0 Å². The fourth-order valence-corrected chi connectivity index (χ4v) is 1.60. The molecule has 0 bridgehead atoms. The summed E-state index contributed by atoms with van der Waals surface area (Å²) >= 11 is 6.02. The Morgan fingerprint density at radius 2 is 2.20 bits per heavy atom. The summed E-state index contributed by atoms with van der Waals surface area (Å²) in [5.41, 5.74) is 1.01. The second-order valence-corrected chi connectivity index (χ2v) is 3.39. The minimum Gasteiger partial charge on any atom is -0.497 e. The number of nitrogens with zero attached hydrogens (tertiary/aromatic N) is 2. The molecule has 1 aromatic carbocycles. The minimum absolute atomic E-state index is 0.317. The quantitative estimate of drug-likeness (QED) is 0.740. The summed E-state index contributed by atoms with van der Waals surface area (Å²) in [6, 6.07) is 8.87. The minimum atomic E-state index is 0.317. The predicted octanol–water partition coefficient (Wildman–Crippen LogP) is 2.77. The third-order valence-electron chi connectivity index (χ3n) is 2.08. The summed E-state index contributed by atoms with van der Waals surface area (Å²) in [4.78, 5) is 4.13. The monoisotopic (exact) mass is 218 g/mol. The van der Waals surface area contributed by atoms with Crippen LogP contribution in [0.25, 0.3) is 10.9 Å². The van der Waals surface area contributed by atoms with Crippen molar-refractivity contribution in [1.82, 2.24) is 4.98 Å². The lowest BCUT2D eigenvalue weighted by atomic mass is 10.2. The molecular weight excluding hydrogens is 212 g/mol. The smallest absolute Gasteiger partial charge is 0.142 e. The van der Waals surface area contributed by atoms with Crippen molar-refractivity contribution in [2.24, 2.45) is 0 Å². The Labute approximate surface area is 91.9 Å². The van der Waals surface area contributed by atoms with Crippen LogP contribution in [0.4, 0.5) is 0 Å². The van der Waals surface area contributed by atoms with Crippen molar-refractivity contribution in [1.29, 1.82) is 5.26 Å². The molecule has 0 aliphatic heterocycles. The molecule has 0 saturated heterocycles. The molecule has 0 spiro atoms. The highest BCUT2D eigenvalue weighted by molar-refractivity contribution is 6.35. The van der Waals surface area contributed by atoms with Crippen LogP contribution in [-0.4, -0.2) is 12.1 Å². The van der Waals surface area contributed by atoms with Gasteiger partial charge in [0.25, 0.3) is 0 Å². The van der Waals surface area contributed by atoms with E-state index in [1.807, 2.05) is 6.07 Å². The molecule has 4 heteroatoms. The van der Waals surface area contributed by atoms with Gasteiger partial charge in [-0.3, -0.25) is 0 Å². The van der Waals surface area contributed by atoms with Crippen LogP contribution in [-0.2, 0) is 0 Å². The molecule has 3 nitrogen and oxygen atoms in total. The lowest BCUT2D eigenvalue weighted by Gasteiger charge is -2.03. The first-order valence-corrected chi connectivity index (χ1v) is 4.67. The number of hydrogen-bond acceptors (Lipinski definition) is 3. The van der Waals surface area contributed by atoms with Crippen LogP contribution < -0.4 is 4.74 Å². The summed E-state index contributed by atoms with van der Waals surface area (Å²) in [6.07, 6.45) is 0. The molecular formula is C11H7ClN2O. The summed E-state index contributed by atoms with van der Waals surface area (Å²) < 4.78 is 5.08. The molecule has 0 radical (unpaired) electrons. The van der Waals surface area contributed by atoms with Gasteiger partial charge in [0, 0.05) is 5.39 Å². The molecule has 0 unspecified atom stereocenters. The third-order valence-corrected chi connectivity index (χ3v) is 2.39. The van der Waals surface area contributed by atoms with Gasteiger partial charge in [0.15, 0.2) is 0 Å². The third kappa shape index (κ3) is 1.72. The number of ether oxygens (including phenoxy) is 1. The molecule has 2 rings (SSSR count). The first kappa shape index (κ1) is 9.75. The zero-order valence-electron chi connectivity index (χ0n) is 7.99. The van der Waals surface area contributed by atoms with Gasteiger partial charge in [-0.25, -0.2) is 4.98 Å². The molecule has 0 amide bonds. The average Bonchev–Trinajstić information content (AvgIpc) is 2.28. The van der Waals surface area contributed by atoms with Gasteiger partial charge >= 0.3 is 0 Å². The normalized spacial score (nSPS) is 9.93. The lowest BCUT2D eigenvalue weighted by Crippen LogP contribution is -1.88. The van der Waals surface area contributed by atoms with Gasteiger partial charge in [-0.05, 0) is 24.3 Å². The van der Waals surface area contributed by atoms with E-state index in [0.29, 0.717) is 16.2 Å². The van der Waals surface area contributed by atoms with Crippen LogP contribution in [0.3, 0.4) is 0 Å². The number of benzene rings is 1. The Morgan fingerprint density at radius 1 is 1.40 bits per heavy atom. The van der Waals surface area contributed by atoms with Gasteiger partial charge in [-0.1, -0.05) is 11.6 Å². The first-order chi connectivity index (χ1) is 7.24. The number of rotatable bonds is 1. The van der Waals surface area contributed by atoms with Crippen molar-refractivity contribution >= 4 is 22.5 Å². The lowest BCUT2D eigenvalue weighted by molar-refractivity contribution is 0.415. The average molecular weight is 219 g/mol. The highest BCUT2D eigenvalue weighted by Gasteiger charge is 2.04. The highest BCUT2D eigenvalue weighted by Crippen LogP contribution is 2.26. The second-order valence-electron chi connectivity index (χ2n) is 2.98. The molecule has 0 fully saturated rings. The Hall–Kier alpha value is -1.79. The van der Waals surface area contributed by atoms with Gasteiger partial charge in [0.1, 0.15) is 17.5 Å². The number of fused-ring (bicyclic) bond motifs is 1. The van der Waals surface area contributed by atoms with Crippen molar-refractivity contribution in [2.75, 3.05) is 7.11 Å². The van der Waals surface area contributed by atoms with Gasteiger partial charge in [0.05, 0.1) is 17.6 Å². The Kier molecular flexibility index (Phi) is 2.44. The zero-order valence-corrected chi connectivity index (χ0v) is 8.75. The van der Waals surface area contributed by atoms with Crippen molar-refractivity contribution in [2.45, 2.75) is 0 Å². The molecule has 0 atom stereocenters. The molecule has 0 aliphatic rings. The molecule has 0 N–H and O–H groups in total. The maximum absolute atomic E-state index is 8.73.